The number of hydrogen-bond acceptors (Lipinski definition) is 6. The Bertz CT molecular complexity index is 1990. The predicted molar refractivity (Wildman–Crippen MR) is 171 cm³/mol. The molecule has 0 aliphatic heterocycles. The fourth-order valence-electron chi connectivity index (χ4n) is 6.65. The van der Waals surface area contributed by atoms with E-state index in [0.29, 0.717) is 22.3 Å². The minimum absolute atomic E-state index is 0.248. The monoisotopic (exact) mass is 592 g/mol. The molecule has 1 aliphatic carbocycles. The molecule has 2 N–H and O–H groups in total. The minimum atomic E-state index is -1.31. The molecule has 1 aliphatic rings. The first-order valence-corrected chi connectivity index (χ1v) is 14.2. The van der Waals surface area contributed by atoms with Crippen LogP contribution in [0.2, 0.25) is 0 Å². The van der Waals surface area contributed by atoms with Crippen molar-refractivity contribution in [2.24, 2.45) is 0 Å². The van der Waals surface area contributed by atoms with E-state index in [0.717, 1.165) is 22.3 Å². The second kappa shape index (κ2) is 10.5. The van der Waals surface area contributed by atoms with Crippen molar-refractivity contribution < 1.29 is 20.1 Å². The average molecular weight is 593 g/mol. The minimum Gasteiger partial charge on any atom is -0.502 e. The van der Waals surface area contributed by atoms with Crippen molar-refractivity contribution >= 4 is 11.4 Å². The Hall–Kier alpha value is -6.28. The fraction of sp³-hybridized carbons (Fsp3) is 0.0270. The quantitative estimate of drug-likeness (QED) is 0.147. The predicted octanol–water partition coefficient (Wildman–Crippen LogP) is 8.61. The highest BCUT2D eigenvalue weighted by Crippen LogP contribution is 2.59. The van der Waals surface area contributed by atoms with Gasteiger partial charge in [-0.15, -0.1) is 0 Å². The zero-order chi connectivity index (χ0) is 31.3. The van der Waals surface area contributed by atoms with E-state index in [9.17, 15) is 30.4 Å². The number of hydrogen-bond donors (Lipinski definition) is 2. The Morgan fingerprint density at radius 3 is 1.20 bits per heavy atom. The summed E-state index contributed by atoms with van der Waals surface area (Å²) in [4.78, 5) is 23.7. The van der Waals surface area contributed by atoms with Crippen LogP contribution in [0.1, 0.15) is 22.3 Å². The van der Waals surface area contributed by atoms with E-state index < -0.39 is 38.1 Å². The molecule has 6 aromatic carbocycles. The summed E-state index contributed by atoms with van der Waals surface area (Å²) in [6, 6.07) is 39.1. The maximum absolute atomic E-state index is 12.5. The van der Waals surface area contributed by atoms with Crippen LogP contribution in [0.4, 0.5) is 11.4 Å². The van der Waals surface area contributed by atoms with E-state index in [-0.39, 0.29) is 11.1 Å². The first kappa shape index (κ1) is 27.5. The third-order valence-corrected chi connectivity index (χ3v) is 8.56. The SMILES string of the molecule is O=[N+]([O-])c1cc(C2(c3cc(-c4ccccc4)c(O)c([N+](=O)[O-])c3)c3ccccc3-c3ccccc32)cc(-c2ccccc2)c1O. The highest BCUT2D eigenvalue weighted by atomic mass is 16.6. The number of aromatic hydroxyl groups is 2. The summed E-state index contributed by atoms with van der Waals surface area (Å²) >= 11 is 0. The number of fused-ring (bicyclic) bond motifs is 3. The van der Waals surface area contributed by atoms with E-state index >= 15 is 0 Å². The average Bonchev–Trinajstić information content (AvgIpc) is 3.37. The number of rotatable bonds is 6. The van der Waals surface area contributed by atoms with Gasteiger partial charge in [0.1, 0.15) is 0 Å². The van der Waals surface area contributed by atoms with E-state index in [4.69, 9.17) is 0 Å². The van der Waals surface area contributed by atoms with Crippen LogP contribution in [-0.2, 0) is 5.41 Å². The standard InChI is InChI=1S/C37H24N2O6/c40-35-29(23-11-3-1-4-12-23)19-25(21-33(35)38(42)43)37(31-17-9-7-15-27(31)28-16-8-10-18-32(28)37)26-20-30(24-13-5-2-6-14-24)36(41)34(22-26)39(44)45/h1-22,40-41H. The molecule has 0 aromatic heterocycles. The van der Waals surface area contributed by atoms with Crippen LogP contribution < -0.4 is 0 Å². The van der Waals surface area contributed by atoms with Gasteiger partial charge in [0.25, 0.3) is 0 Å². The summed E-state index contributed by atoms with van der Waals surface area (Å²) in [6.07, 6.45) is 0. The number of benzene rings is 6. The molecular weight excluding hydrogens is 568 g/mol. The molecule has 45 heavy (non-hydrogen) atoms. The Morgan fingerprint density at radius 2 is 0.822 bits per heavy atom. The largest absolute Gasteiger partial charge is 0.502 e. The van der Waals surface area contributed by atoms with Crippen molar-refractivity contribution in [2.45, 2.75) is 5.41 Å². The number of phenols is 2. The van der Waals surface area contributed by atoms with Crippen LogP contribution in [0, 0.1) is 20.2 Å². The molecule has 0 amide bonds. The van der Waals surface area contributed by atoms with E-state index in [2.05, 4.69) is 0 Å². The van der Waals surface area contributed by atoms with Gasteiger partial charge in [-0.3, -0.25) is 20.2 Å². The van der Waals surface area contributed by atoms with Crippen molar-refractivity contribution in [3.8, 4) is 44.9 Å². The van der Waals surface area contributed by atoms with Gasteiger partial charge in [-0.25, -0.2) is 0 Å². The van der Waals surface area contributed by atoms with Crippen molar-refractivity contribution in [1.29, 1.82) is 0 Å². The molecule has 8 heteroatoms. The molecule has 0 heterocycles. The van der Waals surface area contributed by atoms with Gasteiger partial charge in [0.15, 0.2) is 0 Å². The Kier molecular flexibility index (Phi) is 6.41. The summed E-state index contributed by atoms with van der Waals surface area (Å²) in [5, 5.41) is 47.3. The first-order valence-electron chi connectivity index (χ1n) is 14.2. The lowest BCUT2D eigenvalue weighted by molar-refractivity contribution is -0.385. The second-order valence-electron chi connectivity index (χ2n) is 10.9. The number of nitrogens with zero attached hydrogens (tertiary/aromatic N) is 2. The Morgan fingerprint density at radius 1 is 0.467 bits per heavy atom. The molecule has 0 saturated heterocycles. The van der Waals surface area contributed by atoms with Crippen molar-refractivity contribution in [1.82, 2.24) is 0 Å². The zero-order valence-corrected chi connectivity index (χ0v) is 23.6. The molecule has 6 aromatic rings. The fourth-order valence-corrected chi connectivity index (χ4v) is 6.65. The van der Waals surface area contributed by atoms with Gasteiger partial charge in [-0.05, 0) is 56.6 Å². The lowest BCUT2D eigenvalue weighted by Gasteiger charge is -2.34. The molecular formula is C37H24N2O6. The van der Waals surface area contributed by atoms with Crippen LogP contribution in [0.3, 0.4) is 0 Å². The van der Waals surface area contributed by atoms with Gasteiger partial charge in [-0.1, -0.05) is 109 Å². The van der Waals surface area contributed by atoms with Gasteiger partial charge in [0.2, 0.25) is 11.5 Å². The Labute approximate surface area is 257 Å². The van der Waals surface area contributed by atoms with E-state index in [1.165, 1.54) is 12.1 Å². The first-order chi connectivity index (χ1) is 21.8. The van der Waals surface area contributed by atoms with Crippen LogP contribution in [0.5, 0.6) is 11.5 Å². The number of nitro groups is 2. The van der Waals surface area contributed by atoms with Gasteiger partial charge in [0.05, 0.1) is 15.3 Å². The van der Waals surface area contributed by atoms with E-state index in [1.807, 2.05) is 60.7 Å². The maximum atomic E-state index is 12.5. The van der Waals surface area contributed by atoms with Gasteiger partial charge in [0, 0.05) is 23.3 Å². The van der Waals surface area contributed by atoms with Crippen molar-refractivity contribution in [3.05, 3.63) is 176 Å². The molecule has 0 unspecified atom stereocenters. The maximum Gasteiger partial charge on any atom is 0.311 e. The lowest BCUT2D eigenvalue weighted by Crippen LogP contribution is -2.29. The number of phenolic OH excluding ortho intramolecular Hbond substituents is 2. The summed E-state index contributed by atoms with van der Waals surface area (Å²) in [6.45, 7) is 0. The van der Waals surface area contributed by atoms with Crippen LogP contribution >= 0.6 is 0 Å². The molecule has 0 atom stereocenters. The summed E-state index contributed by atoms with van der Waals surface area (Å²) < 4.78 is 0. The van der Waals surface area contributed by atoms with Crippen LogP contribution in [0.25, 0.3) is 33.4 Å². The van der Waals surface area contributed by atoms with Crippen molar-refractivity contribution in [3.63, 3.8) is 0 Å². The van der Waals surface area contributed by atoms with Gasteiger partial charge < -0.3 is 10.2 Å². The molecule has 0 bridgehead atoms. The lowest BCUT2D eigenvalue weighted by atomic mass is 9.66. The second-order valence-corrected chi connectivity index (χ2v) is 10.9. The zero-order valence-electron chi connectivity index (χ0n) is 23.6. The molecule has 0 spiro atoms. The Balaban J connectivity index is 1.68. The third-order valence-electron chi connectivity index (χ3n) is 8.56. The third kappa shape index (κ3) is 4.15. The molecule has 0 fully saturated rings. The highest BCUT2D eigenvalue weighted by molar-refractivity contribution is 5.89. The molecule has 0 saturated carbocycles. The van der Waals surface area contributed by atoms with Crippen molar-refractivity contribution in [2.75, 3.05) is 0 Å². The normalized spacial score (nSPS) is 12.7. The smallest absolute Gasteiger partial charge is 0.311 e. The van der Waals surface area contributed by atoms with Gasteiger partial charge in [-0.2, -0.15) is 0 Å². The molecule has 7 rings (SSSR count). The van der Waals surface area contributed by atoms with Crippen LogP contribution in [-0.4, -0.2) is 20.1 Å². The summed E-state index contributed by atoms with van der Waals surface area (Å²) in [5.74, 6) is -0.961. The van der Waals surface area contributed by atoms with Crippen LogP contribution in [0.15, 0.2) is 133 Å². The van der Waals surface area contributed by atoms with Gasteiger partial charge >= 0.3 is 11.4 Å². The molecule has 8 nitrogen and oxygen atoms in total. The molecule has 0 radical (unpaired) electrons. The summed E-state index contributed by atoms with van der Waals surface area (Å²) in [7, 11) is 0. The van der Waals surface area contributed by atoms with E-state index in [1.54, 1.807) is 60.7 Å². The highest BCUT2D eigenvalue weighted by Gasteiger charge is 2.48. The summed E-state index contributed by atoms with van der Waals surface area (Å²) in [5.41, 5.74) is 3.43. The topological polar surface area (TPSA) is 127 Å². The molecule has 218 valence electrons. The number of nitro benzene ring substituents is 2.